The van der Waals surface area contributed by atoms with Crippen molar-refractivity contribution >= 4 is 28.1 Å². The number of aromatic nitrogens is 1. The van der Waals surface area contributed by atoms with E-state index >= 15 is 0 Å². The van der Waals surface area contributed by atoms with Crippen LogP contribution in [-0.2, 0) is 11.2 Å². The van der Waals surface area contributed by atoms with Crippen molar-refractivity contribution in [1.82, 2.24) is 4.98 Å². The number of hydrogen-bond acceptors (Lipinski definition) is 6. The molecule has 0 saturated carbocycles. The average molecular weight is 395 g/mol. The van der Waals surface area contributed by atoms with Crippen molar-refractivity contribution in [3.63, 3.8) is 0 Å². The van der Waals surface area contributed by atoms with Crippen LogP contribution in [0.1, 0.15) is 11.1 Å². The van der Waals surface area contributed by atoms with Crippen molar-refractivity contribution in [3.8, 4) is 17.0 Å². The van der Waals surface area contributed by atoms with Crippen LogP contribution in [0.4, 0.5) is 10.8 Å². The number of para-hydroxylation sites is 1. The molecule has 1 aliphatic rings. The molecule has 1 aromatic heterocycles. The highest BCUT2D eigenvalue weighted by Gasteiger charge is 2.26. The Kier molecular flexibility index (Phi) is 4.79. The van der Waals surface area contributed by atoms with Gasteiger partial charge in [0.2, 0.25) is 5.91 Å². The molecule has 7 nitrogen and oxygen atoms in total. The van der Waals surface area contributed by atoms with Gasteiger partial charge in [0.25, 0.3) is 5.69 Å². The molecule has 1 N–H and O–H groups in total. The number of hydrogen-bond donors (Lipinski definition) is 1. The molecule has 0 bridgehead atoms. The van der Waals surface area contributed by atoms with Crippen LogP contribution in [0.5, 0.6) is 5.75 Å². The average Bonchev–Trinajstić information content (AvgIpc) is 3.16. The van der Waals surface area contributed by atoms with Crippen molar-refractivity contribution in [3.05, 3.63) is 69.1 Å². The Labute approximate surface area is 165 Å². The van der Waals surface area contributed by atoms with E-state index in [1.165, 1.54) is 17.4 Å². The van der Waals surface area contributed by atoms with Gasteiger partial charge >= 0.3 is 0 Å². The maximum absolute atomic E-state index is 12.6. The Morgan fingerprint density at radius 1 is 1.32 bits per heavy atom. The Morgan fingerprint density at radius 3 is 2.96 bits per heavy atom. The van der Waals surface area contributed by atoms with Crippen LogP contribution in [0.3, 0.4) is 0 Å². The van der Waals surface area contributed by atoms with E-state index in [0.29, 0.717) is 35.0 Å². The first-order chi connectivity index (χ1) is 13.5. The highest BCUT2D eigenvalue weighted by atomic mass is 32.1. The van der Waals surface area contributed by atoms with Crippen LogP contribution in [0.15, 0.2) is 47.8 Å². The second-order valence-electron chi connectivity index (χ2n) is 6.61. The van der Waals surface area contributed by atoms with Gasteiger partial charge in [-0.15, -0.1) is 11.3 Å². The number of carbonyl (C=O) groups is 1. The largest absolute Gasteiger partial charge is 0.492 e. The molecule has 0 radical (unpaired) electrons. The fourth-order valence-corrected chi connectivity index (χ4v) is 3.86. The van der Waals surface area contributed by atoms with Crippen LogP contribution < -0.4 is 10.1 Å². The predicted octanol–water partition coefficient (Wildman–Crippen LogP) is 4.22. The predicted molar refractivity (Wildman–Crippen MR) is 107 cm³/mol. The van der Waals surface area contributed by atoms with Gasteiger partial charge in [-0.1, -0.05) is 30.3 Å². The lowest BCUT2D eigenvalue weighted by atomic mass is 9.96. The van der Waals surface area contributed by atoms with Crippen LogP contribution in [0, 0.1) is 23.0 Å². The molecule has 8 heteroatoms. The Hall–Kier alpha value is -3.26. The number of amides is 1. The first kappa shape index (κ1) is 18.1. The fraction of sp³-hybridized carbons (Fsp3) is 0.200. The number of rotatable bonds is 4. The number of nitro groups is 1. The quantitative estimate of drug-likeness (QED) is 0.527. The minimum atomic E-state index is -0.408. The SMILES string of the molecule is Cc1ccc(-c2csc(NC(=O)C3COc4ccccc4C3)n2)cc1[N+](=O)[O-]. The Morgan fingerprint density at radius 2 is 2.14 bits per heavy atom. The number of benzene rings is 2. The monoisotopic (exact) mass is 395 g/mol. The number of nitrogens with one attached hydrogen (secondary N) is 1. The summed E-state index contributed by atoms with van der Waals surface area (Å²) >= 11 is 1.29. The third kappa shape index (κ3) is 3.59. The lowest BCUT2D eigenvalue weighted by molar-refractivity contribution is -0.385. The fourth-order valence-electron chi connectivity index (χ4n) is 3.13. The lowest BCUT2D eigenvalue weighted by Gasteiger charge is -2.24. The van der Waals surface area contributed by atoms with Gasteiger partial charge in [-0.3, -0.25) is 14.9 Å². The number of ether oxygens (including phenoxy) is 1. The second-order valence-corrected chi connectivity index (χ2v) is 7.46. The summed E-state index contributed by atoms with van der Waals surface area (Å²) in [5, 5.41) is 16.2. The normalized spacial score (nSPS) is 15.4. The smallest absolute Gasteiger partial charge is 0.272 e. The molecule has 4 rings (SSSR count). The molecule has 0 aliphatic carbocycles. The van der Waals surface area contributed by atoms with E-state index in [9.17, 15) is 14.9 Å². The summed E-state index contributed by atoms with van der Waals surface area (Å²) in [5.74, 6) is 0.386. The van der Waals surface area contributed by atoms with E-state index in [0.717, 1.165) is 11.3 Å². The van der Waals surface area contributed by atoms with E-state index in [-0.39, 0.29) is 17.5 Å². The molecule has 1 aliphatic heterocycles. The third-order valence-electron chi connectivity index (χ3n) is 4.69. The van der Waals surface area contributed by atoms with E-state index in [4.69, 9.17) is 4.74 Å². The van der Waals surface area contributed by atoms with Crippen LogP contribution >= 0.6 is 11.3 Å². The number of anilines is 1. The van der Waals surface area contributed by atoms with Gasteiger partial charge in [0, 0.05) is 22.6 Å². The zero-order valence-corrected chi connectivity index (χ0v) is 15.9. The van der Waals surface area contributed by atoms with Crippen LogP contribution in [0.2, 0.25) is 0 Å². The zero-order valence-electron chi connectivity index (χ0n) is 15.0. The van der Waals surface area contributed by atoms with Crippen molar-refractivity contribution in [2.75, 3.05) is 11.9 Å². The highest BCUT2D eigenvalue weighted by Crippen LogP contribution is 2.31. The first-order valence-corrected chi connectivity index (χ1v) is 9.62. The molecule has 2 heterocycles. The molecule has 0 spiro atoms. The van der Waals surface area contributed by atoms with Gasteiger partial charge in [0.15, 0.2) is 5.13 Å². The summed E-state index contributed by atoms with van der Waals surface area (Å²) in [6, 6.07) is 12.7. The number of nitro benzene ring substituents is 1. The van der Waals surface area contributed by atoms with E-state index in [1.807, 2.05) is 24.3 Å². The Bertz CT molecular complexity index is 1060. The third-order valence-corrected chi connectivity index (χ3v) is 5.44. The summed E-state index contributed by atoms with van der Waals surface area (Å²) < 4.78 is 5.67. The molecule has 0 fully saturated rings. The van der Waals surface area contributed by atoms with Crippen molar-refractivity contribution in [2.45, 2.75) is 13.3 Å². The summed E-state index contributed by atoms with van der Waals surface area (Å²) in [6.07, 6.45) is 0.615. The molecule has 28 heavy (non-hydrogen) atoms. The standard InChI is InChI=1S/C20H17N3O4S/c1-12-6-7-13(9-17(12)23(25)26)16-11-28-20(21-16)22-19(24)15-8-14-4-2-3-5-18(14)27-10-15/h2-7,9,11,15H,8,10H2,1H3,(H,21,22,24). The van der Waals surface area contributed by atoms with Gasteiger partial charge in [-0.05, 0) is 25.0 Å². The maximum atomic E-state index is 12.6. The minimum Gasteiger partial charge on any atom is -0.492 e. The summed E-state index contributed by atoms with van der Waals surface area (Å²) in [6.45, 7) is 2.02. The first-order valence-electron chi connectivity index (χ1n) is 8.74. The molecular formula is C20H17N3O4S. The summed E-state index contributed by atoms with van der Waals surface area (Å²) in [7, 11) is 0. The second kappa shape index (κ2) is 7.40. The van der Waals surface area contributed by atoms with Gasteiger partial charge in [-0.2, -0.15) is 0 Å². The number of fused-ring (bicyclic) bond motifs is 1. The van der Waals surface area contributed by atoms with Crippen molar-refractivity contribution in [1.29, 1.82) is 0 Å². The number of carbonyl (C=O) groups excluding carboxylic acids is 1. The van der Waals surface area contributed by atoms with E-state index in [1.54, 1.807) is 24.4 Å². The van der Waals surface area contributed by atoms with Gasteiger partial charge in [-0.25, -0.2) is 4.98 Å². The maximum Gasteiger partial charge on any atom is 0.272 e. The summed E-state index contributed by atoms with van der Waals surface area (Å²) in [4.78, 5) is 27.7. The molecular weight excluding hydrogens is 378 g/mol. The summed E-state index contributed by atoms with van der Waals surface area (Å²) in [5.41, 5.74) is 2.89. The van der Waals surface area contributed by atoms with Crippen molar-refractivity contribution < 1.29 is 14.5 Å². The van der Waals surface area contributed by atoms with E-state index in [2.05, 4.69) is 10.3 Å². The van der Waals surface area contributed by atoms with Gasteiger partial charge in [0.1, 0.15) is 12.4 Å². The number of thiazole rings is 1. The van der Waals surface area contributed by atoms with Gasteiger partial charge in [0.05, 0.1) is 16.5 Å². The molecule has 2 aromatic carbocycles. The Balaban J connectivity index is 1.48. The molecule has 0 saturated heterocycles. The molecule has 3 aromatic rings. The van der Waals surface area contributed by atoms with Gasteiger partial charge < -0.3 is 10.1 Å². The highest BCUT2D eigenvalue weighted by molar-refractivity contribution is 7.14. The molecule has 1 unspecified atom stereocenters. The van der Waals surface area contributed by atoms with Crippen LogP contribution in [-0.4, -0.2) is 22.4 Å². The molecule has 1 atom stereocenters. The zero-order chi connectivity index (χ0) is 19.7. The minimum absolute atomic E-state index is 0.0501. The van der Waals surface area contributed by atoms with Crippen molar-refractivity contribution in [2.24, 2.45) is 5.92 Å². The molecule has 1 amide bonds. The van der Waals surface area contributed by atoms with E-state index < -0.39 is 4.92 Å². The lowest BCUT2D eigenvalue weighted by Crippen LogP contribution is -2.32. The number of nitrogens with zero attached hydrogens (tertiary/aromatic N) is 2. The molecule has 142 valence electrons. The number of aryl methyl sites for hydroxylation is 1. The topological polar surface area (TPSA) is 94.4 Å². The van der Waals surface area contributed by atoms with Crippen LogP contribution in [0.25, 0.3) is 11.3 Å².